The van der Waals surface area contributed by atoms with Gasteiger partial charge in [0.25, 0.3) is 0 Å². The molecule has 1 aliphatic rings. The molecule has 0 saturated heterocycles. The average molecular weight is 341 g/mol. The lowest BCUT2D eigenvalue weighted by molar-refractivity contribution is 0.162. The van der Waals surface area contributed by atoms with Gasteiger partial charge < -0.3 is 4.74 Å². The van der Waals surface area contributed by atoms with Crippen molar-refractivity contribution < 1.29 is 13.2 Å². The quantitative estimate of drug-likeness (QED) is 0.838. The zero-order valence-electron chi connectivity index (χ0n) is 13.6. The summed E-state index contributed by atoms with van der Waals surface area (Å²) in [5, 5.41) is 8.97. The summed E-state index contributed by atoms with van der Waals surface area (Å²) in [6, 6.07) is 18.2. The van der Waals surface area contributed by atoms with E-state index in [4.69, 9.17) is 4.74 Å². The molecule has 0 aromatic heterocycles. The van der Waals surface area contributed by atoms with Crippen molar-refractivity contribution in [3.63, 3.8) is 0 Å². The Balaban J connectivity index is 2.08. The van der Waals surface area contributed by atoms with Crippen molar-refractivity contribution in [2.75, 3.05) is 13.7 Å². The number of methoxy groups -OCH3 is 1. The van der Waals surface area contributed by atoms with E-state index in [1.54, 1.807) is 30.3 Å². The zero-order chi connectivity index (χ0) is 17.4. The van der Waals surface area contributed by atoms with Crippen LogP contribution in [0.1, 0.15) is 17.0 Å². The highest BCUT2D eigenvalue weighted by molar-refractivity contribution is 7.92. The van der Waals surface area contributed by atoms with Crippen LogP contribution in [-0.4, -0.2) is 27.4 Å². The van der Waals surface area contributed by atoms with E-state index in [1.807, 2.05) is 31.2 Å². The van der Waals surface area contributed by atoms with E-state index in [-0.39, 0.29) is 17.4 Å². The number of nitriles is 1. The molecule has 0 spiro atoms. The van der Waals surface area contributed by atoms with Gasteiger partial charge in [-0.3, -0.25) is 0 Å². The molecule has 24 heavy (non-hydrogen) atoms. The largest absolute Gasteiger partial charge is 0.383 e. The van der Waals surface area contributed by atoms with Crippen molar-refractivity contribution in [1.29, 1.82) is 5.26 Å². The van der Waals surface area contributed by atoms with Crippen molar-refractivity contribution in [3.8, 4) is 6.07 Å². The van der Waals surface area contributed by atoms with Gasteiger partial charge in [-0.15, -0.1) is 0 Å². The Morgan fingerprint density at radius 2 is 1.75 bits per heavy atom. The van der Waals surface area contributed by atoms with E-state index < -0.39 is 20.5 Å². The molecule has 0 radical (unpaired) electrons. The van der Waals surface area contributed by atoms with Gasteiger partial charge in [-0.2, -0.15) is 5.26 Å². The summed E-state index contributed by atoms with van der Waals surface area (Å²) in [6.45, 7) is 2.07. The monoisotopic (exact) mass is 341 g/mol. The molecule has 3 rings (SSSR count). The normalized spacial score (nSPS) is 25.9. The highest BCUT2D eigenvalue weighted by atomic mass is 32.2. The third kappa shape index (κ3) is 2.52. The lowest BCUT2D eigenvalue weighted by atomic mass is 10.0. The second kappa shape index (κ2) is 6.04. The van der Waals surface area contributed by atoms with Crippen LogP contribution in [0.5, 0.6) is 0 Å². The van der Waals surface area contributed by atoms with Gasteiger partial charge in [0.15, 0.2) is 9.84 Å². The molecule has 1 saturated carbocycles. The number of sulfone groups is 1. The van der Waals surface area contributed by atoms with Crippen molar-refractivity contribution in [2.24, 2.45) is 5.41 Å². The third-order valence-corrected chi connectivity index (χ3v) is 6.98. The second-order valence-electron chi connectivity index (χ2n) is 6.25. The van der Waals surface area contributed by atoms with Crippen LogP contribution < -0.4 is 0 Å². The number of hydrogen-bond donors (Lipinski definition) is 0. The van der Waals surface area contributed by atoms with Gasteiger partial charge in [-0.05, 0) is 24.6 Å². The predicted octanol–water partition coefficient (Wildman–Crippen LogP) is 3.09. The molecule has 3 atom stereocenters. The SMILES string of the molecule is COC[C@@]1(C#N)[C@H](S(=O)(=O)c2ccccc2)[C@@H]1c1ccc(C)cc1. The fourth-order valence-corrected chi connectivity index (χ4v) is 5.77. The fraction of sp³-hybridized carbons (Fsp3) is 0.316. The Hall–Kier alpha value is -2.16. The molecule has 0 bridgehead atoms. The van der Waals surface area contributed by atoms with Crippen LogP contribution in [0.2, 0.25) is 0 Å². The molecular formula is C19H19NO3S. The van der Waals surface area contributed by atoms with E-state index in [2.05, 4.69) is 6.07 Å². The minimum Gasteiger partial charge on any atom is -0.383 e. The van der Waals surface area contributed by atoms with Crippen LogP contribution in [0, 0.1) is 23.7 Å². The Labute approximate surface area is 142 Å². The van der Waals surface area contributed by atoms with Crippen LogP contribution in [-0.2, 0) is 14.6 Å². The summed E-state index contributed by atoms with van der Waals surface area (Å²) in [6.07, 6.45) is 0. The zero-order valence-corrected chi connectivity index (χ0v) is 14.5. The summed E-state index contributed by atoms with van der Waals surface area (Å²) in [4.78, 5) is 0.250. The standard InChI is InChI=1S/C19H19NO3S/c1-14-8-10-15(11-9-14)17-18(19(17,12-20)13-23-2)24(21,22)16-6-4-3-5-7-16/h3-11,17-18H,13H2,1-2H3/t17-,18+,19+/m0/s1. The predicted molar refractivity (Wildman–Crippen MR) is 91.3 cm³/mol. The number of nitrogens with zero attached hydrogens (tertiary/aromatic N) is 1. The summed E-state index contributed by atoms with van der Waals surface area (Å²) in [7, 11) is -2.12. The van der Waals surface area contributed by atoms with Crippen LogP contribution in [0.25, 0.3) is 0 Å². The molecule has 1 fully saturated rings. The van der Waals surface area contributed by atoms with Crippen molar-refractivity contribution >= 4 is 9.84 Å². The van der Waals surface area contributed by atoms with Crippen molar-refractivity contribution in [1.82, 2.24) is 0 Å². The molecule has 124 valence electrons. The molecule has 0 unspecified atom stereocenters. The van der Waals surface area contributed by atoms with Crippen molar-refractivity contribution in [3.05, 3.63) is 65.7 Å². The van der Waals surface area contributed by atoms with Crippen LogP contribution in [0.4, 0.5) is 0 Å². The first-order valence-electron chi connectivity index (χ1n) is 7.73. The van der Waals surface area contributed by atoms with Gasteiger partial charge in [0.1, 0.15) is 5.41 Å². The van der Waals surface area contributed by atoms with Crippen LogP contribution >= 0.6 is 0 Å². The lowest BCUT2D eigenvalue weighted by Gasteiger charge is -2.08. The molecule has 0 amide bonds. The molecule has 0 heterocycles. The fourth-order valence-electron chi connectivity index (χ4n) is 3.44. The number of rotatable bonds is 5. The maximum absolute atomic E-state index is 13.1. The summed E-state index contributed by atoms with van der Waals surface area (Å²) >= 11 is 0. The highest BCUT2D eigenvalue weighted by Gasteiger charge is 2.72. The van der Waals surface area contributed by atoms with Gasteiger partial charge in [-0.1, -0.05) is 48.0 Å². The number of benzene rings is 2. The van der Waals surface area contributed by atoms with E-state index in [0.717, 1.165) is 11.1 Å². The number of aryl methyl sites for hydroxylation is 1. The Bertz CT molecular complexity index is 869. The molecule has 2 aromatic carbocycles. The maximum Gasteiger partial charge on any atom is 0.183 e. The van der Waals surface area contributed by atoms with Gasteiger partial charge in [0.2, 0.25) is 0 Å². The Morgan fingerprint density at radius 1 is 1.12 bits per heavy atom. The first-order chi connectivity index (χ1) is 11.5. The van der Waals surface area contributed by atoms with E-state index in [9.17, 15) is 13.7 Å². The first-order valence-corrected chi connectivity index (χ1v) is 9.27. The number of ether oxygens (including phenoxy) is 1. The molecule has 1 aliphatic carbocycles. The van der Waals surface area contributed by atoms with Crippen molar-refractivity contribution in [2.45, 2.75) is 23.0 Å². The van der Waals surface area contributed by atoms with E-state index >= 15 is 0 Å². The molecule has 0 N–H and O–H groups in total. The smallest absolute Gasteiger partial charge is 0.183 e. The molecule has 2 aromatic rings. The first kappa shape index (κ1) is 16.7. The molecular weight excluding hydrogens is 322 g/mol. The molecule has 0 aliphatic heterocycles. The molecule has 5 heteroatoms. The summed E-state index contributed by atoms with van der Waals surface area (Å²) in [5.41, 5.74) is 0.915. The van der Waals surface area contributed by atoms with E-state index in [1.165, 1.54) is 7.11 Å². The highest BCUT2D eigenvalue weighted by Crippen LogP contribution is 2.63. The third-order valence-electron chi connectivity index (χ3n) is 4.69. The van der Waals surface area contributed by atoms with Gasteiger partial charge in [0, 0.05) is 13.0 Å². The Morgan fingerprint density at radius 3 is 2.29 bits per heavy atom. The average Bonchev–Trinajstić information content (AvgIpc) is 3.26. The minimum atomic E-state index is -3.62. The summed E-state index contributed by atoms with van der Waals surface area (Å²) in [5.74, 6) is -0.381. The van der Waals surface area contributed by atoms with Gasteiger partial charge >= 0.3 is 0 Å². The van der Waals surface area contributed by atoms with E-state index in [0.29, 0.717) is 0 Å². The maximum atomic E-state index is 13.1. The Kier molecular flexibility index (Phi) is 4.20. The minimum absolute atomic E-state index is 0.0960. The lowest BCUT2D eigenvalue weighted by Crippen LogP contribution is -2.19. The van der Waals surface area contributed by atoms with Gasteiger partial charge in [0.05, 0.1) is 22.8 Å². The topological polar surface area (TPSA) is 67.2 Å². The molecule has 4 nitrogen and oxygen atoms in total. The van der Waals surface area contributed by atoms with Crippen LogP contribution in [0.15, 0.2) is 59.5 Å². The number of hydrogen-bond acceptors (Lipinski definition) is 4. The summed E-state index contributed by atoms with van der Waals surface area (Å²) < 4.78 is 31.4. The second-order valence-corrected chi connectivity index (χ2v) is 8.32. The van der Waals surface area contributed by atoms with Gasteiger partial charge in [-0.25, -0.2) is 8.42 Å². The van der Waals surface area contributed by atoms with Crippen LogP contribution in [0.3, 0.4) is 0 Å².